The number of nitrogens with one attached hydrogen (secondary N) is 2. The van der Waals surface area contributed by atoms with Gasteiger partial charge in [0.15, 0.2) is 0 Å². The molecule has 1 amide bonds. The molecule has 3 rings (SSSR count). The molecule has 3 N–H and O–H groups in total. The molecule has 0 bridgehead atoms. The average molecular weight is 397 g/mol. The number of aromatic nitrogens is 1. The van der Waals surface area contributed by atoms with Crippen molar-refractivity contribution in [2.75, 3.05) is 6.61 Å². The molecule has 1 unspecified atom stereocenters. The van der Waals surface area contributed by atoms with Crippen molar-refractivity contribution in [3.63, 3.8) is 0 Å². The van der Waals surface area contributed by atoms with Crippen molar-refractivity contribution in [2.24, 2.45) is 0 Å². The fourth-order valence-corrected chi connectivity index (χ4v) is 4.37. The van der Waals surface area contributed by atoms with Crippen molar-refractivity contribution >= 4 is 22.8 Å². The van der Waals surface area contributed by atoms with Gasteiger partial charge in [0.05, 0.1) is 35.9 Å². The number of benzene rings is 1. The number of carboxylic acids is 1. The normalized spacial score (nSPS) is 18.5. The van der Waals surface area contributed by atoms with Crippen LogP contribution in [0.4, 0.5) is 0 Å². The van der Waals surface area contributed by atoms with E-state index in [0.29, 0.717) is 36.1 Å². The summed E-state index contributed by atoms with van der Waals surface area (Å²) < 4.78 is 6.04. The maximum absolute atomic E-state index is 12.7. The van der Waals surface area contributed by atoms with Gasteiger partial charge in [0.2, 0.25) is 0 Å². The van der Waals surface area contributed by atoms with Crippen LogP contribution in [0.1, 0.15) is 72.8 Å². The molecule has 2 aromatic rings. The van der Waals surface area contributed by atoms with E-state index < -0.39 is 11.6 Å². The SMILES string of the molecule is CCCC1(CC(=O)O)OCCc2c1[nH]c1c(C)c(C(=O)NC(C)C)cc(C#N)c21. The number of carbonyl (C=O) groups is 2. The first kappa shape index (κ1) is 20.9. The number of aryl methyl sites for hydroxylation is 1. The van der Waals surface area contributed by atoms with Crippen LogP contribution >= 0.6 is 0 Å². The number of H-pyrrole nitrogens is 1. The molecule has 1 aliphatic heterocycles. The fourth-order valence-electron chi connectivity index (χ4n) is 4.37. The minimum Gasteiger partial charge on any atom is -0.481 e. The van der Waals surface area contributed by atoms with Gasteiger partial charge in [-0.15, -0.1) is 0 Å². The van der Waals surface area contributed by atoms with E-state index in [4.69, 9.17) is 4.74 Å². The predicted molar refractivity (Wildman–Crippen MR) is 109 cm³/mol. The smallest absolute Gasteiger partial charge is 0.306 e. The van der Waals surface area contributed by atoms with E-state index in [1.54, 1.807) is 6.07 Å². The lowest BCUT2D eigenvalue weighted by atomic mass is 9.84. The van der Waals surface area contributed by atoms with E-state index in [-0.39, 0.29) is 18.4 Å². The summed E-state index contributed by atoms with van der Waals surface area (Å²) in [6.45, 7) is 8.00. The zero-order valence-electron chi connectivity index (χ0n) is 17.3. The molecule has 0 spiro atoms. The molecular weight excluding hydrogens is 370 g/mol. The molecule has 7 heteroatoms. The van der Waals surface area contributed by atoms with Crippen LogP contribution in [0.2, 0.25) is 0 Å². The van der Waals surface area contributed by atoms with Gasteiger partial charge in [-0.2, -0.15) is 5.26 Å². The molecule has 0 radical (unpaired) electrons. The average Bonchev–Trinajstić information content (AvgIpc) is 3.03. The largest absolute Gasteiger partial charge is 0.481 e. The van der Waals surface area contributed by atoms with Crippen LogP contribution in [0.15, 0.2) is 6.07 Å². The van der Waals surface area contributed by atoms with Gasteiger partial charge < -0.3 is 20.1 Å². The fraction of sp³-hybridized carbons (Fsp3) is 0.500. The first-order valence-corrected chi connectivity index (χ1v) is 9.99. The van der Waals surface area contributed by atoms with Crippen molar-refractivity contribution in [1.82, 2.24) is 10.3 Å². The molecule has 1 aromatic heterocycles. The number of aliphatic carboxylic acids is 1. The van der Waals surface area contributed by atoms with Gasteiger partial charge in [0.1, 0.15) is 5.60 Å². The molecule has 1 aliphatic rings. The Labute approximate surface area is 170 Å². The highest BCUT2D eigenvalue weighted by molar-refractivity contribution is 6.04. The summed E-state index contributed by atoms with van der Waals surface area (Å²) in [6, 6.07) is 3.83. The van der Waals surface area contributed by atoms with Crippen LogP contribution in [-0.4, -0.2) is 34.6 Å². The Morgan fingerprint density at radius 2 is 2.17 bits per heavy atom. The predicted octanol–water partition coefficient (Wildman–Crippen LogP) is 3.53. The van der Waals surface area contributed by atoms with Gasteiger partial charge in [-0.25, -0.2) is 0 Å². The van der Waals surface area contributed by atoms with Gasteiger partial charge >= 0.3 is 5.97 Å². The van der Waals surface area contributed by atoms with Crippen molar-refractivity contribution in [1.29, 1.82) is 5.26 Å². The number of ether oxygens (including phenoxy) is 1. The molecule has 7 nitrogen and oxygen atoms in total. The lowest BCUT2D eigenvalue weighted by Gasteiger charge is -2.36. The third-order valence-corrected chi connectivity index (χ3v) is 5.50. The Morgan fingerprint density at radius 1 is 1.45 bits per heavy atom. The summed E-state index contributed by atoms with van der Waals surface area (Å²) >= 11 is 0. The summed E-state index contributed by atoms with van der Waals surface area (Å²) in [6.07, 6.45) is 1.75. The number of nitriles is 1. The third kappa shape index (κ3) is 3.60. The second-order valence-corrected chi connectivity index (χ2v) is 7.98. The molecule has 154 valence electrons. The third-order valence-electron chi connectivity index (χ3n) is 5.50. The minimum atomic E-state index is -0.952. The monoisotopic (exact) mass is 397 g/mol. The van der Waals surface area contributed by atoms with Gasteiger partial charge in [0.25, 0.3) is 5.91 Å². The zero-order chi connectivity index (χ0) is 21.3. The number of hydrogen-bond donors (Lipinski definition) is 3. The molecule has 0 aliphatic carbocycles. The minimum absolute atomic E-state index is 0.0267. The first-order chi connectivity index (χ1) is 13.7. The molecular formula is C22H27N3O4. The number of fused-ring (bicyclic) bond motifs is 3. The molecule has 29 heavy (non-hydrogen) atoms. The van der Waals surface area contributed by atoms with Crippen LogP contribution < -0.4 is 5.32 Å². The van der Waals surface area contributed by atoms with Crippen molar-refractivity contribution in [3.05, 3.63) is 34.0 Å². The second-order valence-electron chi connectivity index (χ2n) is 7.98. The number of carboxylic acid groups (broad SMARTS) is 1. The molecule has 1 atom stereocenters. The van der Waals surface area contributed by atoms with E-state index >= 15 is 0 Å². The van der Waals surface area contributed by atoms with Gasteiger partial charge in [-0.1, -0.05) is 13.3 Å². The van der Waals surface area contributed by atoms with E-state index in [9.17, 15) is 20.0 Å². The van der Waals surface area contributed by atoms with Crippen LogP contribution in [-0.2, 0) is 21.6 Å². The number of hydrogen-bond acceptors (Lipinski definition) is 4. The van der Waals surface area contributed by atoms with E-state index in [1.165, 1.54) is 0 Å². The number of aromatic amines is 1. The number of carbonyl (C=O) groups excluding carboxylic acids is 1. The Morgan fingerprint density at radius 3 is 2.76 bits per heavy atom. The zero-order valence-corrected chi connectivity index (χ0v) is 17.3. The highest BCUT2D eigenvalue weighted by atomic mass is 16.5. The maximum Gasteiger partial charge on any atom is 0.306 e. The summed E-state index contributed by atoms with van der Waals surface area (Å²) in [5.41, 5.74) is 3.01. The number of nitrogens with zero attached hydrogens (tertiary/aromatic N) is 1. The topological polar surface area (TPSA) is 115 Å². The van der Waals surface area contributed by atoms with E-state index in [1.807, 2.05) is 27.7 Å². The highest BCUT2D eigenvalue weighted by Gasteiger charge is 2.42. The number of amides is 1. The Balaban J connectivity index is 2.29. The number of rotatable bonds is 6. The van der Waals surface area contributed by atoms with Gasteiger partial charge in [-0.3, -0.25) is 9.59 Å². The van der Waals surface area contributed by atoms with Crippen molar-refractivity contribution < 1.29 is 19.4 Å². The molecule has 0 saturated heterocycles. The molecule has 0 fully saturated rings. The Kier molecular flexibility index (Phi) is 5.67. The van der Waals surface area contributed by atoms with Crippen LogP contribution in [0.5, 0.6) is 0 Å². The van der Waals surface area contributed by atoms with Crippen LogP contribution in [0.3, 0.4) is 0 Å². The Bertz CT molecular complexity index is 1020. The molecule has 2 heterocycles. The van der Waals surface area contributed by atoms with E-state index in [0.717, 1.165) is 28.6 Å². The van der Waals surface area contributed by atoms with Crippen LogP contribution in [0.25, 0.3) is 10.9 Å². The molecule has 0 saturated carbocycles. The van der Waals surface area contributed by atoms with Crippen LogP contribution in [0, 0.1) is 18.3 Å². The van der Waals surface area contributed by atoms with Crippen molar-refractivity contribution in [2.45, 2.75) is 65.0 Å². The lowest BCUT2D eigenvalue weighted by Crippen LogP contribution is -2.37. The highest BCUT2D eigenvalue weighted by Crippen LogP contribution is 2.44. The van der Waals surface area contributed by atoms with Gasteiger partial charge in [-0.05, 0) is 50.8 Å². The summed E-state index contributed by atoms with van der Waals surface area (Å²) in [4.78, 5) is 27.6. The first-order valence-electron chi connectivity index (χ1n) is 9.99. The lowest BCUT2D eigenvalue weighted by molar-refractivity contribution is -0.149. The van der Waals surface area contributed by atoms with Crippen molar-refractivity contribution in [3.8, 4) is 6.07 Å². The summed E-state index contributed by atoms with van der Waals surface area (Å²) in [5.74, 6) is -1.16. The second kappa shape index (κ2) is 7.88. The summed E-state index contributed by atoms with van der Waals surface area (Å²) in [5, 5.41) is 23.0. The van der Waals surface area contributed by atoms with Gasteiger partial charge in [0, 0.05) is 17.0 Å². The molecule has 1 aromatic carbocycles. The summed E-state index contributed by atoms with van der Waals surface area (Å²) in [7, 11) is 0. The quantitative estimate of drug-likeness (QED) is 0.690. The Hall–Kier alpha value is -2.85. The maximum atomic E-state index is 12.7. The standard InChI is InChI=1S/C22H27N3O4/c1-5-7-22(10-17(26)27)20-15(6-8-29-22)18-14(11-23)9-16(13(4)19(18)25-20)21(28)24-12(2)3/h9,12,25H,5-8,10H2,1-4H3,(H,24,28)(H,26,27). The van der Waals surface area contributed by atoms with E-state index in [2.05, 4.69) is 16.4 Å².